The average Bonchev–Trinajstić information content (AvgIpc) is 2.26. The lowest BCUT2D eigenvalue weighted by molar-refractivity contribution is -0.143. The Hall–Kier alpha value is -0.330. The van der Waals surface area contributed by atoms with Crippen LogP contribution in [0.1, 0.15) is 26.2 Å². The zero-order valence-electron chi connectivity index (χ0n) is 10.3. The minimum atomic E-state index is -3.28. The Bertz CT molecular complexity index is 318. The fourth-order valence-corrected chi connectivity index (χ4v) is 2.59. The van der Waals surface area contributed by atoms with Crippen molar-refractivity contribution in [3.05, 3.63) is 0 Å². The number of hydrogen-bond acceptors (Lipinski definition) is 4. The number of ether oxygens (including phenoxy) is 1. The smallest absolute Gasteiger partial charge is 0.307 e. The standard InChI is InChI=1S/C10H20ClNO4S/c1-3-16-10(13)6-8-12(2)17(14,15)9-5-4-7-11/h3-9H2,1-2H3. The molecule has 0 aliphatic carbocycles. The van der Waals surface area contributed by atoms with E-state index in [-0.39, 0.29) is 24.7 Å². The number of unbranched alkanes of at least 4 members (excludes halogenated alkanes) is 1. The van der Waals surface area contributed by atoms with Gasteiger partial charge in [-0.1, -0.05) is 0 Å². The lowest BCUT2D eigenvalue weighted by Gasteiger charge is -2.16. The molecule has 0 aromatic carbocycles. The molecule has 0 rings (SSSR count). The molecule has 0 aliphatic heterocycles. The molecule has 0 fully saturated rings. The molecular weight excluding hydrogens is 266 g/mol. The first kappa shape index (κ1) is 16.7. The molecule has 5 nitrogen and oxygen atoms in total. The maximum atomic E-state index is 11.7. The molecule has 0 heterocycles. The van der Waals surface area contributed by atoms with E-state index in [1.807, 2.05) is 0 Å². The Balaban J connectivity index is 4.02. The van der Waals surface area contributed by atoms with Gasteiger partial charge in [-0.15, -0.1) is 11.6 Å². The maximum absolute atomic E-state index is 11.7. The first-order valence-electron chi connectivity index (χ1n) is 5.59. The number of carbonyl (C=O) groups excluding carboxylic acids is 1. The molecule has 0 N–H and O–H groups in total. The number of hydrogen-bond donors (Lipinski definition) is 0. The van der Waals surface area contributed by atoms with Crippen molar-refractivity contribution in [1.29, 1.82) is 0 Å². The van der Waals surface area contributed by atoms with E-state index >= 15 is 0 Å². The topological polar surface area (TPSA) is 63.7 Å². The Kier molecular flexibility index (Phi) is 8.55. The Morgan fingerprint density at radius 3 is 2.53 bits per heavy atom. The number of nitrogens with zero attached hydrogens (tertiary/aromatic N) is 1. The number of halogens is 1. The lowest BCUT2D eigenvalue weighted by atomic mass is 10.4. The van der Waals surface area contributed by atoms with Crippen LogP contribution < -0.4 is 0 Å². The highest BCUT2D eigenvalue weighted by Crippen LogP contribution is 2.04. The van der Waals surface area contributed by atoms with Crippen molar-refractivity contribution in [3.63, 3.8) is 0 Å². The number of carbonyl (C=O) groups is 1. The third kappa shape index (κ3) is 7.57. The van der Waals surface area contributed by atoms with Gasteiger partial charge in [0, 0.05) is 19.5 Å². The van der Waals surface area contributed by atoms with E-state index < -0.39 is 10.0 Å². The first-order valence-corrected chi connectivity index (χ1v) is 7.74. The van der Waals surface area contributed by atoms with Crippen molar-refractivity contribution in [3.8, 4) is 0 Å². The van der Waals surface area contributed by atoms with E-state index in [1.165, 1.54) is 11.4 Å². The molecule has 0 bridgehead atoms. The molecule has 7 heteroatoms. The molecule has 0 unspecified atom stereocenters. The molecule has 0 aromatic rings. The van der Waals surface area contributed by atoms with Crippen LogP contribution in [-0.2, 0) is 19.6 Å². The van der Waals surface area contributed by atoms with Gasteiger partial charge in [0.05, 0.1) is 18.8 Å². The van der Waals surface area contributed by atoms with E-state index in [0.717, 1.165) is 0 Å². The summed E-state index contributed by atoms with van der Waals surface area (Å²) < 4.78 is 29.3. The summed E-state index contributed by atoms with van der Waals surface area (Å²) >= 11 is 5.48. The normalized spacial score (nSPS) is 11.8. The van der Waals surface area contributed by atoms with E-state index in [4.69, 9.17) is 16.3 Å². The molecule has 0 atom stereocenters. The molecular formula is C10H20ClNO4S. The number of sulfonamides is 1. The van der Waals surface area contributed by atoms with Gasteiger partial charge in [-0.2, -0.15) is 0 Å². The van der Waals surface area contributed by atoms with Crippen LogP contribution in [0.15, 0.2) is 0 Å². The summed E-state index contributed by atoms with van der Waals surface area (Å²) in [5.41, 5.74) is 0. The minimum absolute atomic E-state index is 0.0685. The second-order valence-corrected chi connectivity index (χ2v) is 6.16. The fourth-order valence-electron chi connectivity index (χ4n) is 1.16. The summed E-state index contributed by atoms with van der Waals surface area (Å²) in [5, 5.41) is 0. The van der Waals surface area contributed by atoms with Crippen LogP contribution in [0, 0.1) is 0 Å². The predicted octanol–water partition coefficient (Wildman–Crippen LogP) is 1.22. The van der Waals surface area contributed by atoms with Crippen LogP contribution in [0.25, 0.3) is 0 Å². The van der Waals surface area contributed by atoms with Crippen molar-refractivity contribution in [2.45, 2.75) is 26.2 Å². The van der Waals surface area contributed by atoms with Crippen molar-refractivity contribution in [2.24, 2.45) is 0 Å². The average molecular weight is 286 g/mol. The van der Waals surface area contributed by atoms with Crippen LogP contribution in [-0.4, -0.2) is 50.5 Å². The van der Waals surface area contributed by atoms with Crippen LogP contribution in [0.3, 0.4) is 0 Å². The number of rotatable bonds is 9. The third-order valence-corrected chi connectivity index (χ3v) is 4.40. The van der Waals surface area contributed by atoms with Crippen LogP contribution >= 0.6 is 11.6 Å². The molecule has 0 spiro atoms. The highest BCUT2D eigenvalue weighted by molar-refractivity contribution is 7.89. The molecule has 0 amide bonds. The Morgan fingerprint density at radius 2 is 2.00 bits per heavy atom. The summed E-state index contributed by atoms with van der Waals surface area (Å²) in [4.78, 5) is 11.1. The molecule has 0 aromatic heterocycles. The summed E-state index contributed by atoms with van der Waals surface area (Å²) in [5.74, 6) is 0.150. The van der Waals surface area contributed by atoms with E-state index in [0.29, 0.717) is 25.3 Å². The van der Waals surface area contributed by atoms with Gasteiger partial charge in [-0.3, -0.25) is 4.79 Å². The highest BCUT2D eigenvalue weighted by Gasteiger charge is 2.18. The minimum Gasteiger partial charge on any atom is -0.466 e. The van der Waals surface area contributed by atoms with Gasteiger partial charge in [0.25, 0.3) is 0 Å². The van der Waals surface area contributed by atoms with E-state index in [1.54, 1.807) is 6.92 Å². The zero-order chi connectivity index (χ0) is 13.3. The predicted molar refractivity (Wildman–Crippen MR) is 67.6 cm³/mol. The van der Waals surface area contributed by atoms with Crippen molar-refractivity contribution >= 4 is 27.6 Å². The van der Waals surface area contributed by atoms with Gasteiger partial charge in [0.15, 0.2) is 0 Å². The van der Waals surface area contributed by atoms with Gasteiger partial charge >= 0.3 is 5.97 Å². The molecule has 0 radical (unpaired) electrons. The molecule has 17 heavy (non-hydrogen) atoms. The van der Waals surface area contributed by atoms with E-state index in [9.17, 15) is 13.2 Å². The van der Waals surface area contributed by atoms with Gasteiger partial charge in [0.1, 0.15) is 0 Å². The van der Waals surface area contributed by atoms with Crippen molar-refractivity contribution in [2.75, 3.05) is 31.8 Å². The van der Waals surface area contributed by atoms with Gasteiger partial charge < -0.3 is 4.74 Å². The Labute approximate surface area is 108 Å². The lowest BCUT2D eigenvalue weighted by Crippen LogP contribution is -2.31. The summed E-state index contributed by atoms with van der Waals surface area (Å²) in [7, 11) is -1.81. The van der Waals surface area contributed by atoms with Gasteiger partial charge in [-0.25, -0.2) is 12.7 Å². The number of esters is 1. The van der Waals surface area contributed by atoms with Crippen LogP contribution in [0.4, 0.5) is 0 Å². The van der Waals surface area contributed by atoms with Crippen molar-refractivity contribution < 1.29 is 17.9 Å². The second kappa shape index (κ2) is 8.72. The van der Waals surface area contributed by atoms with Gasteiger partial charge in [0.2, 0.25) is 10.0 Å². The van der Waals surface area contributed by atoms with Crippen LogP contribution in [0.2, 0.25) is 0 Å². The largest absolute Gasteiger partial charge is 0.466 e. The molecule has 102 valence electrons. The summed E-state index contributed by atoms with van der Waals surface area (Å²) in [6, 6.07) is 0. The molecule has 0 saturated heterocycles. The zero-order valence-corrected chi connectivity index (χ0v) is 11.9. The molecule has 0 aliphatic rings. The second-order valence-electron chi connectivity index (χ2n) is 3.59. The monoisotopic (exact) mass is 285 g/mol. The first-order chi connectivity index (χ1) is 7.94. The van der Waals surface area contributed by atoms with Crippen LogP contribution in [0.5, 0.6) is 0 Å². The number of alkyl halides is 1. The Morgan fingerprint density at radius 1 is 1.35 bits per heavy atom. The molecule has 0 saturated carbocycles. The third-order valence-electron chi connectivity index (χ3n) is 2.20. The van der Waals surface area contributed by atoms with Crippen molar-refractivity contribution in [1.82, 2.24) is 4.31 Å². The highest BCUT2D eigenvalue weighted by atomic mass is 35.5. The quantitative estimate of drug-likeness (QED) is 0.363. The SMILES string of the molecule is CCOC(=O)CCN(C)S(=O)(=O)CCCCCl. The summed E-state index contributed by atoms with van der Waals surface area (Å²) in [6.07, 6.45) is 1.29. The van der Waals surface area contributed by atoms with E-state index in [2.05, 4.69) is 0 Å². The maximum Gasteiger partial charge on any atom is 0.307 e. The fraction of sp³-hybridized carbons (Fsp3) is 0.900. The summed E-state index contributed by atoms with van der Waals surface area (Å²) in [6.45, 7) is 2.18. The van der Waals surface area contributed by atoms with Gasteiger partial charge in [-0.05, 0) is 19.8 Å².